The number of phenolic OH excluding ortho intramolecular Hbond substituents is 1. The lowest BCUT2D eigenvalue weighted by Crippen LogP contribution is -2.08. The molecule has 3 aromatic rings. The summed E-state index contributed by atoms with van der Waals surface area (Å²) in [5.74, 6) is 2.12. The predicted molar refractivity (Wildman–Crippen MR) is 87.6 cm³/mol. The second-order valence-electron chi connectivity index (χ2n) is 4.83. The van der Waals surface area contributed by atoms with Crippen LogP contribution in [0.5, 0.6) is 5.75 Å². The summed E-state index contributed by atoms with van der Waals surface area (Å²) in [4.78, 5) is 16.5. The van der Waals surface area contributed by atoms with Crippen LogP contribution in [-0.4, -0.2) is 31.6 Å². The molecule has 0 unspecified atom stereocenters. The summed E-state index contributed by atoms with van der Waals surface area (Å²) in [6, 6.07) is 10.7. The number of nitrogens with one attached hydrogen (secondary N) is 2. The fraction of sp³-hybridized carbons (Fsp3) is 0.125. The van der Waals surface area contributed by atoms with Crippen molar-refractivity contribution in [3.05, 3.63) is 60.7 Å². The molecule has 0 amide bonds. The summed E-state index contributed by atoms with van der Waals surface area (Å²) in [5, 5.41) is 15.5. The Balaban J connectivity index is 1.56. The van der Waals surface area contributed by atoms with E-state index >= 15 is 0 Å². The summed E-state index contributed by atoms with van der Waals surface area (Å²) in [6.45, 7) is 0.731. The molecule has 2 heterocycles. The Morgan fingerprint density at radius 2 is 1.74 bits per heavy atom. The largest absolute Gasteiger partial charge is 0.508 e. The number of aromatic nitrogens is 4. The smallest absolute Gasteiger partial charge is 0.230 e. The topological polar surface area (TPSA) is 95.8 Å². The molecule has 116 valence electrons. The first-order valence-corrected chi connectivity index (χ1v) is 7.17. The maximum Gasteiger partial charge on any atom is 0.230 e. The molecule has 3 rings (SSSR count). The van der Waals surface area contributed by atoms with Crippen molar-refractivity contribution < 1.29 is 5.11 Å². The summed E-state index contributed by atoms with van der Waals surface area (Å²) in [6.07, 6.45) is 5.62. The van der Waals surface area contributed by atoms with E-state index in [4.69, 9.17) is 0 Å². The number of anilines is 3. The zero-order chi connectivity index (χ0) is 15.9. The van der Waals surface area contributed by atoms with E-state index in [-0.39, 0.29) is 5.75 Å². The molecular formula is C16H16N6O. The first kappa shape index (κ1) is 14.7. The normalized spacial score (nSPS) is 10.3. The van der Waals surface area contributed by atoms with Crippen LogP contribution in [-0.2, 0) is 6.42 Å². The standard InChI is InChI=1S/C16H16N6O/c23-13-3-1-12(2-4-13)5-9-18-14-7-10-19-16(21-14)22-15-6-8-17-11-20-15/h1-4,6-8,10-11,23H,5,9H2,(H2,17,18,19,20,21,22). The molecule has 2 aromatic heterocycles. The van der Waals surface area contributed by atoms with E-state index < -0.39 is 0 Å². The zero-order valence-electron chi connectivity index (χ0n) is 12.3. The van der Waals surface area contributed by atoms with Crippen molar-refractivity contribution in [3.63, 3.8) is 0 Å². The van der Waals surface area contributed by atoms with Gasteiger partial charge >= 0.3 is 0 Å². The second kappa shape index (κ2) is 7.17. The van der Waals surface area contributed by atoms with Gasteiger partial charge in [-0.15, -0.1) is 0 Å². The average Bonchev–Trinajstić information content (AvgIpc) is 2.58. The van der Waals surface area contributed by atoms with Gasteiger partial charge in [-0.25, -0.2) is 15.0 Å². The van der Waals surface area contributed by atoms with E-state index in [1.807, 2.05) is 18.2 Å². The van der Waals surface area contributed by atoms with Gasteiger partial charge in [0.15, 0.2) is 0 Å². The molecule has 7 nitrogen and oxygen atoms in total. The Morgan fingerprint density at radius 1 is 0.913 bits per heavy atom. The van der Waals surface area contributed by atoms with Gasteiger partial charge in [0.25, 0.3) is 0 Å². The molecule has 0 radical (unpaired) electrons. The van der Waals surface area contributed by atoms with Gasteiger partial charge in [-0.3, -0.25) is 0 Å². The first-order valence-electron chi connectivity index (χ1n) is 7.17. The third-order valence-electron chi connectivity index (χ3n) is 3.13. The SMILES string of the molecule is Oc1ccc(CCNc2ccnc(Nc3ccncn3)n2)cc1. The van der Waals surface area contributed by atoms with E-state index in [0.29, 0.717) is 11.8 Å². The van der Waals surface area contributed by atoms with E-state index in [1.165, 1.54) is 6.33 Å². The van der Waals surface area contributed by atoms with E-state index in [9.17, 15) is 5.11 Å². The van der Waals surface area contributed by atoms with Crippen molar-refractivity contribution >= 4 is 17.6 Å². The summed E-state index contributed by atoms with van der Waals surface area (Å²) in [7, 11) is 0. The van der Waals surface area contributed by atoms with E-state index in [0.717, 1.165) is 24.3 Å². The van der Waals surface area contributed by atoms with Gasteiger partial charge in [0, 0.05) is 18.9 Å². The fourth-order valence-electron chi connectivity index (χ4n) is 1.99. The van der Waals surface area contributed by atoms with Crippen molar-refractivity contribution in [2.24, 2.45) is 0 Å². The highest BCUT2D eigenvalue weighted by molar-refractivity contribution is 5.49. The first-order chi connectivity index (χ1) is 11.3. The van der Waals surface area contributed by atoms with Crippen molar-refractivity contribution in [1.29, 1.82) is 0 Å². The van der Waals surface area contributed by atoms with Gasteiger partial charge in [0.1, 0.15) is 23.7 Å². The number of phenols is 1. The van der Waals surface area contributed by atoms with Crippen molar-refractivity contribution in [2.45, 2.75) is 6.42 Å². The van der Waals surface area contributed by atoms with Crippen LogP contribution in [0.25, 0.3) is 0 Å². The third-order valence-corrected chi connectivity index (χ3v) is 3.13. The van der Waals surface area contributed by atoms with Crippen LogP contribution in [0.15, 0.2) is 55.1 Å². The van der Waals surface area contributed by atoms with E-state index in [1.54, 1.807) is 30.6 Å². The minimum atomic E-state index is 0.276. The molecule has 23 heavy (non-hydrogen) atoms. The van der Waals surface area contributed by atoms with Gasteiger partial charge in [-0.1, -0.05) is 12.1 Å². The number of rotatable bonds is 6. The quantitative estimate of drug-likeness (QED) is 0.643. The highest BCUT2D eigenvalue weighted by atomic mass is 16.3. The molecule has 0 aliphatic heterocycles. The molecule has 0 bridgehead atoms. The fourth-order valence-corrected chi connectivity index (χ4v) is 1.99. The van der Waals surface area contributed by atoms with Crippen LogP contribution >= 0.6 is 0 Å². The average molecular weight is 308 g/mol. The Morgan fingerprint density at radius 3 is 2.52 bits per heavy atom. The number of hydrogen-bond donors (Lipinski definition) is 3. The number of hydrogen-bond acceptors (Lipinski definition) is 7. The molecular weight excluding hydrogens is 292 g/mol. The third kappa shape index (κ3) is 4.37. The lowest BCUT2D eigenvalue weighted by molar-refractivity contribution is 0.475. The molecule has 7 heteroatoms. The molecule has 0 saturated heterocycles. The van der Waals surface area contributed by atoms with Crippen LogP contribution in [0.2, 0.25) is 0 Å². The van der Waals surface area contributed by atoms with Crippen LogP contribution in [0, 0.1) is 0 Å². The molecule has 0 saturated carbocycles. The Hall–Kier alpha value is -3.22. The van der Waals surface area contributed by atoms with Crippen LogP contribution in [0.3, 0.4) is 0 Å². The number of benzene rings is 1. The Bertz CT molecular complexity index is 748. The van der Waals surface area contributed by atoms with Crippen molar-refractivity contribution in [3.8, 4) is 5.75 Å². The van der Waals surface area contributed by atoms with Crippen LogP contribution in [0.4, 0.5) is 17.6 Å². The molecule has 0 atom stereocenters. The molecule has 3 N–H and O–H groups in total. The summed E-state index contributed by atoms with van der Waals surface area (Å²) < 4.78 is 0. The van der Waals surface area contributed by atoms with Gasteiger partial charge < -0.3 is 15.7 Å². The maximum atomic E-state index is 9.26. The number of nitrogens with zero attached hydrogens (tertiary/aromatic N) is 4. The Kier molecular flexibility index (Phi) is 4.58. The lowest BCUT2D eigenvalue weighted by atomic mass is 10.1. The van der Waals surface area contributed by atoms with Crippen molar-refractivity contribution in [1.82, 2.24) is 19.9 Å². The minimum absolute atomic E-state index is 0.276. The molecule has 0 spiro atoms. The molecule has 0 fully saturated rings. The maximum absolute atomic E-state index is 9.26. The van der Waals surface area contributed by atoms with Crippen LogP contribution in [0.1, 0.15) is 5.56 Å². The highest BCUT2D eigenvalue weighted by Gasteiger charge is 2.01. The van der Waals surface area contributed by atoms with Crippen molar-refractivity contribution in [2.75, 3.05) is 17.2 Å². The molecule has 1 aromatic carbocycles. The monoisotopic (exact) mass is 308 g/mol. The van der Waals surface area contributed by atoms with Crippen LogP contribution < -0.4 is 10.6 Å². The number of aromatic hydroxyl groups is 1. The highest BCUT2D eigenvalue weighted by Crippen LogP contribution is 2.12. The molecule has 0 aliphatic carbocycles. The van der Waals surface area contributed by atoms with E-state index in [2.05, 4.69) is 30.6 Å². The minimum Gasteiger partial charge on any atom is -0.508 e. The van der Waals surface area contributed by atoms with Gasteiger partial charge in [-0.2, -0.15) is 4.98 Å². The van der Waals surface area contributed by atoms with Gasteiger partial charge in [0.2, 0.25) is 5.95 Å². The molecule has 0 aliphatic rings. The summed E-state index contributed by atoms with van der Waals surface area (Å²) in [5.41, 5.74) is 1.14. The zero-order valence-corrected chi connectivity index (χ0v) is 12.3. The van der Waals surface area contributed by atoms with Gasteiger partial charge in [0.05, 0.1) is 0 Å². The predicted octanol–water partition coefficient (Wildman–Crippen LogP) is 2.37. The van der Waals surface area contributed by atoms with Gasteiger partial charge in [-0.05, 0) is 36.2 Å². The lowest BCUT2D eigenvalue weighted by Gasteiger charge is -2.08. The second-order valence-corrected chi connectivity index (χ2v) is 4.83. The summed E-state index contributed by atoms with van der Waals surface area (Å²) >= 11 is 0. The Labute approximate surface area is 133 Å².